The van der Waals surface area contributed by atoms with E-state index in [9.17, 15) is 14.9 Å². The number of carbonyl (C=O) groups is 1. The van der Waals surface area contributed by atoms with Crippen LogP contribution in [0, 0.1) is 10.1 Å². The number of aromatic amines is 1. The summed E-state index contributed by atoms with van der Waals surface area (Å²) < 4.78 is 0. The number of nitrogens with zero attached hydrogens (tertiary/aromatic N) is 2. The third-order valence-corrected chi connectivity index (χ3v) is 5.36. The molecule has 1 amide bonds. The molecule has 7 nitrogen and oxygen atoms in total. The Bertz CT molecular complexity index is 560. The lowest BCUT2D eigenvalue weighted by Crippen LogP contribution is -2.25. The summed E-state index contributed by atoms with van der Waals surface area (Å²) >= 11 is 0. The molecule has 0 aromatic carbocycles. The first-order valence-corrected chi connectivity index (χ1v) is 11.6. The van der Waals surface area contributed by atoms with Crippen molar-refractivity contribution in [2.45, 2.75) is 110 Å². The molecule has 0 atom stereocenters. The zero-order chi connectivity index (χ0) is 21.2. The van der Waals surface area contributed by atoms with Gasteiger partial charge in [0, 0.05) is 6.54 Å². The summed E-state index contributed by atoms with van der Waals surface area (Å²) in [5.41, 5.74) is -0.360. The van der Waals surface area contributed by atoms with Gasteiger partial charge in [0.15, 0.2) is 0 Å². The smallest absolute Gasteiger partial charge is 0.319 e. The molecule has 0 aliphatic heterocycles. The zero-order valence-electron chi connectivity index (χ0n) is 18.2. The topological polar surface area (TPSA) is 101 Å². The number of amides is 1. The second-order valence-electron chi connectivity index (χ2n) is 7.95. The second-order valence-corrected chi connectivity index (χ2v) is 7.95. The molecule has 0 fully saturated rings. The third kappa shape index (κ3) is 12.3. The van der Waals surface area contributed by atoms with E-state index in [0.717, 1.165) is 19.0 Å². The molecule has 29 heavy (non-hydrogen) atoms. The molecule has 166 valence electrons. The Morgan fingerprint density at radius 3 is 1.79 bits per heavy atom. The molecule has 0 bridgehead atoms. The number of rotatable bonds is 19. The predicted molar refractivity (Wildman–Crippen MR) is 117 cm³/mol. The fourth-order valence-corrected chi connectivity index (χ4v) is 3.55. The molecule has 0 saturated carbocycles. The van der Waals surface area contributed by atoms with Crippen molar-refractivity contribution in [2.75, 3.05) is 6.54 Å². The maximum absolute atomic E-state index is 11.9. The summed E-state index contributed by atoms with van der Waals surface area (Å²) in [6.07, 6.45) is 22.0. The van der Waals surface area contributed by atoms with E-state index >= 15 is 0 Å². The van der Waals surface area contributed by atoms with Gasteiger partial charge in [-0.25, -0.2) is 0 Å². The van der Waals surface area contributed by atoms with Crippen LogP contribution in [0.2, 0.25) is 0 Å². The van der Waals surface area contributed by atoms with Crippen LogP contribution >= 0.6 is 0 Å². The van der Waals surface area contributed by atoms with Gasteiger partial charge < -0.3 is 5.32 Å². The van der Waals surface area contributed by atoms with E-state index in [1.807, 2.05) is 0 Å². The SMILES string of the molecule is CCCCCCCCCCCCCCCCCCNC(=O)c1[nH]ncc1[N+](=O)[O-]. The van der Waals surface area contributed by atoms with Gasteiger partial charge in [-0.2, -0.15) is 5.10 Å². The molecular weight excluding hydrogens is 368 g/mol. The normalized spacial score (nSPS) is 10.9. The second kappa shape index (κ2) is 17.0. The van der Waals surface area contributed by atoms with Crippen molar-refractivity contribution in [2.24, 2.45) is 0 Å². The molecule has 0 aliphatic rings. The van der Waals surface area contributed by atoms with E-state index in [1.165, 1.54) is 89.9 Å². The number of nitro groups is 1. The van der Waals surface area contributed by atoms with Gasteiger partial charge in [0.2, 0.25) is 5.69 Å². The van der Waals surface area contributed by atoms with Crippen molar-refractivity contribution >= 4 is 11.6 Å². The van der Waals surface area contributed by atoms with E-state index in [-0.39, 0.29) is 11.4 Å². The Labute approximate surface area is 175 Å². The van der Waals surface area contributed by atoms with Crippen molar-refractivity contribution in [1.82, 2.24) is 15.5 Å². The van der Waals surface area contributed by atoms with E-state index in [1.54, 1.807) is 0 Å². The number of carbonyl (C=O) groups excluding carboxylic acids is 1. The van der Waals surface area contributed by atoms with Crippen LogP contribution in [-0.4, -0.2) is 27.6 Å². The zero-order valence-corrected chi connectivity index (χ0v) is 18.2. The fraction of sp³-hybridized carbons (Fsp3) is 0.818. The number of H-pyrrole nitrogens is 1. The van der Waals surface area contributed by atoms with Gasteiger partial charge in [0.1, 0.15) is 6.20 Å². The van der Waals surface area contributed by atoms with Crippen molar-refractivity contribution in [3.8, 4) is 0 Å². The van der Waals surface area contributed by atoms with Crippen molar-refractivity contribution in [1.29, 1.82) is 0 Å². The Balaban J connectivity index is 1.84. The van der Waals surface area contributed by atoms with E-state index < -0.39 is 10.8 Å². The molecule has 0 radical (unpaired) electrons. The molecule has 1 rings (SSSR count). The molecular formula is C22H40N4O3. The van der Waals surface area contributed by atoms with Gasteiger partial charge in [-0.15, -0.1) is 0 Å². The van der Waals surface area contributed by atoms with Crippen molar-refractivity contribution in [3.63, 3.8) is 0 Å². The summed E-state index contributed by atoms with van der Waals surface area (Å²) in [7, 11) is 0. The predicted octanol–water partition coefficient (Wildman–Crippen LogP) is 6.31. The minimum atomic E-state index is -0.604. The Hall–Kier alpha value is -1.92. The standard InChI is InChI=1S/C22H40N4O3/c1-2-3-4-5-6-7-8-9-10-11-12-13-14-15-16-17-18-23-22(27)21-20(26(28)29)19-24-25-21/h19H,2-18H2,1H3,(H,23,27)(H,24,25). The molecule has 0 spiro atoms. The van der Waals surface area contributed by atoms with Crippen LogP contribution in [0.4, 0.5) is 5.69 Å². The van der Waals surface area contributed by atoms with Gasteiger partial charge >= 0.3 is 5.69 Å². The van der Waals surface area contributed by atoms with Gasteiger partial charge in [-0.3, -0.25) is 20.0 Å². The van der Waals surface area contributed by atoms with Gasteiger partial charge in [-0.1, -0.05) is 103 Å². The summed E-state index contributed by atoms with van der Waals surface area (Å²) in [5.74, 6) is -0.463. The van der Waals surface area contributed by atoms with Gasteiger partial charge in [0.25, 0.3) is 5.91 Å². The average Bonchev–Trinajstić information content (AvgIpc) is 3.20. The highest BCUT2D eigenvalue weighted by molar-refractivity contribution is 5.95. The lowest BCUT2D eigenvalue weighted by molar-refractivity contribution is -0.385. The molecule has 1 heterocycles. The maximum Gasteiger partial charge on any atom is 0.319 e. The molecule has 0 unspecified atom stereocenters. The van der Waals surface area contributed by atoms with E-state index in [4.69, 9.17) is 0 Å². The Morgan fingerprint density at radius 1 is 0.897 bits per heavy atom. The molecule has 0 saturated heterocycles. The van der Waals surface area contributed by atoms with Crippen LogP contribution in [-0.2, 0) is 0 Å². The van der Waals surface area contributed by atoms with E-state index in [0.29, 0.717) is 6.54 Å². The number of nitrogens with one attached hydrogen (secondary N) is 2. The molecule has 1 aromatic rings. The third-order valence-electron chi connectivity index (χ3n) is 5.36. The Morgan fingerprint density at radius 2 is 1.34 bits per heavy atom. The highest BCUT2D eigenvalue weighted by atomic mass is 16.6. The quantitative estimate of drug-likeness (QED) is 0.159. The van der Waals surface area contributed by atoms with Crippen LogP contribution in [0.5, 0.6) is 0 Å². The van der Waals surface area contributed by atoms with Crippen LogP contribution in [0.25, 0.3) is 0 Å². The number of hydrogen-bond acceptors (Lipinski definition) is 4. The minimum Gasteiger partial charge on any atom is -0.350 e. The Kier molecular flexibility index (Phi) is 14.7. The minimum absolute atomic E-state index is 0.0773. The summed E-state index contributed by atoms with van der Waals surface area (Å²) in [5, 5.41) is 19.5. The number of unbranched alkanes of at least 4 members (excludes halogenated alkanes) is 15. The van der Waals surface area contributed by atoms with Gasteiger partial charge in [0.05, 0.1) is 4.92 Å². The molecule has 1 aromatic heterocycles. The average molecular weight is 409 g/mol. The van der Waals surface area contributed by atoms with Crippen LogP contribution in [0.1, 0.15) is 120 Å². The lowest BCUT2D eigenvalue weighted by Gasteiger charge is -2.05. The number of aromatic nitrogens is 2. The van der Waals surface area contributed by atoms with Crippen LogP contribution in [0.3, 0.4) is 0 Å². The highest BCUT2D eigenvalue weighted by Crippen LogP contribution is 2.15. The first-order valence-electron chi connectivity index (χ1n) is 11.6. The fourth-order valence-electron chi connectivity index (χ4n) is 3.55. The van der Waals surface area contributed by atoms with Crippen molar-refractivity contribution < 1.29 is 9.72 Å². The largest absolute Gasteiger partial charge is 0.350 e. The monoisotopic (exact) mass is 408 g/mol. The molecule has 0 aliphatic carbocycles. The summed E-state index contributed by atoms with van der Waals surface area (Å²) in [4.78, 5) is 22.1. The van der Waals surface area contributed by atoms with Crippen LogP contribution in [0.15, 0.2) is 6.20 Å². The molecule has 2 N–H and O–H groups in total. The first kappa shape index (κ1) is 25.1. The van der Waals surface area contributed by atoms with Crippen molar-refractivity contribution in [3.05, 3.63) is 22.0 Å². The number of hydrogen-bond donors (Lipinski definition) is 2. The lowest BCUT2D eigenvalue weighted by atomic mass is 10.0. The maximum atomic E-state index is 11.9. The van der Waals surface area contributed by atoms with Gasteiger partial charge in [-0.05, 0) is 6.42 Å². The summed E-state index contributed by atoms with van der Waals surface area (Å²) in [6.45, 7) is 2.80. The van der Waals surface area contributed by atoms with Crippen LogP contribution < -0.4 is 5.32 Å². The molecule has 7 heteroatoms. The summed E-state index contributed by atoms with van der Waals surface area (Å²) in [6, 6.07) is 0. The highest BCUT2D eigenvalue weighted by Gasteiger charge is 2.22. The van der Waals surface area contributed by atoms with E-state index in [2.05, 4.69) is 22.4 Å². The first-order chi connectivity index (χ1) is 14.2.